The summed E-state index contributed by atoms with van der Waals surface area (Å²) in [5.41, 5.74) is 3.92. The highest BCUT2D eigenvalue weighted by molar-refractivity contribution is 7.08. The minimum atomic E-state index is -0.321. The van der Waals surface area contributed by atoms with Gasteiger partial charge in [-0.25, -0.2) is 4.79 Å². The van der Waals surface area contributed by atoms with E-state index in [1.165, 1.54) is 5.56 Å². The van der Waals surface area contributed by atoms with E-state index < -0.39 is 0 Å². The molecule has 1 unspecified atom stereocenters. The molecule has 6 nitrogen and oxygen atoms in total. The summed E-state index contributed by atoms with van der Waals surface area (Å²) in [7, 11) is 0. The number of likely N-dealkylation sites (tertiary alicyclic amines) is 2. The molecule has 0 saturated carbocycles. The molecule has 0 radical (unpaired) electrons. The molecule has 1 N–H and O–H groups in total. The molecule has 3 aliphatic rings. The zero-order valence-electron chi connectivity index (χ0n) is 16.8. The number of fused-ring (bicyclic) bond motifs is 3. The second-order valence-electron chi connectivity index (χ2n) is 8.08. The van der Waals surface area contributed by atoms with Crippen molar-refractivity contribution in [3.8, 4) is 0 Å². The lowest BCUT2D eigenvalue weighted by Gasteiger charge is -2.39. The van der Waals surface area contributed by atoms with Crippen LogP contribution >= 0.6 is 11.3 Å². The second kappa shape index (κ2) is 7.80. The van der Waals surface area contributed by atoms with Crippen LogP contribution in [0.15, 0.2) is 47.7 Å². The molecule has 3 aliphatic heterocycles. The van der Waals surface area contributed by atoms with Gasteiger partial charge in [-0.05, 0) is 59.0 Å². The highest BCUT2D eigenvalue weighted by Gasteiger charge is 2.47. The number of nitrogens with zero attached hydrogens (tertiary/aromatic N) is 2. The first-order valence-electron chi connectivity index (χ1n) is 10.4. The Labute approximate surface area is 180 Å². The smallest absolute Gasteiger partial charge is 0.410 e. The van der Waals surface area contributed by atoms with Gasteiger partial charge >= 0.3 is 6.09 Å². The first-order valence-corrected chi connectivity index (χ1v) is 11.4. The van der Waals surface area contributed by atoms with Gasteiger partial charge in [0, 0.05) is 36.8 Å². The number of ether oxygens (including phenoxy) is 1. The standard InChI is InChI=1S/C23H25N3O3S/c1-2-11-29-23(28)26-10-6-17-20(16-7-12-30-14-16)24-19-5-4-15(13-18(19)21(17)26)22(27)25-8-3-9-25/h2,4-5,7,12-14,17,20-21,24H,1,3,6,8-11H2/t17-,20?,21-/m0/s1. The van der Waals surface area contributed by atoms with Crippen molar-refractivity contribution in [1.82, 2.24) is 9.80 Å². The maximum atomic E-state index is 12.8. The van der Waals surface area contributed by atoms with Crippen LogP contribution in [0.1, 0.15) is 46.4 Å². The summed E-state index contributed by atoms with van der Waals surface area (Å²) in [5.74, 6) is 0.289. The predicted molar refractivity (Wildman–Crippen MR) is 117 cm³/mol. The van der Waals surface area contributed by atoms with Gasteiger partial charge in [-0.2, -0.15) is 11.3 Å². The van der Waals surface area contributed by atoms with Crippen molar-refractivity contribution < 1.29 is 14.3 Å². The van der Waals surface area contributed by atoms with Crippen molar-refractivity contribution in [2.45, 2.75) is 24.9 Å². The lowest BCUT2D eigenvalue weighted by atomic mass is 9.80. The molecule has 156 valence electrons. The van der Waals surface area contributed by atoms with Gasteiger partial charge in [0.2, 0.25) is 0 Å². The molecule has 1 aromatic carbocycles. The van der Waals surface area contributed by atoms with Crippen LogP contribution in [0.5, 0.6) is 0 Å². The Morgan fingerprint density at radius 2 is 2.13 bits per heavy atom. The molecule has 2 saturated heterocycles. The van der Waals surface area contributed by atoms with Gasteiger partial charge in [0.15, 0.2) is 0 Å². The monoisotopic (exact) mass is 423 g/mol. The number of carbonyl (C=O) groups is 2. The molecule has 5 rings (SSSR count). The molecule has 4 heterocycles. The molecule has 1 aromatic heterocycles. The number of amides is 2. The zero-order valence-corrected chi connectivity index (χ0v) is 17.6. The Bertz CT molecular complexity index is 970. The SMILES string of the molecule is C=CCOC(=O)N1CC[C@H]2C(c3ccsc3)Nc3ccc(C(=O)N4CCC4)cc3[C@H]21. The first-order chi connectivity index (χ1) is 14.7. The Morgan fingerprint density at radius 1 is 1.27 bits per heavy atom. The Hall–Kier alpha value is -2.80. The molecule has 3 atom stereocenters. The zero-order chi connectivity index (χ0) is 20.7. The summed E-state index contributed by atoms with van der Waals surface area (Å²) >= 11 is 1.68. The van der Waals surface area contributed by atoms with Crippen LogP contribution in [0.25, 0.3) is 0 Å². The molecule has 2 fully saturated rings. The summed E-state index contributed by atoms with van der Waals surface area (Å²) < 4.78 is 5.38. The number of carbonyl (C=O) groups excluding carboxylic acids is 2. The highest BCUT2D eigenvalue weighted by Crippen LogP contribution is 2.51. The van der Waals surface area contributed by atoms with E-state index in [0.717, 1.165) is 37.2 Å². The fourth-order valence-corrected chi connectivity index (χ4v) is 5.51. The fourth-order valence-electron chi connectivity index (χ4n) is 4.81. The lowest BCUT2D eigenvalue weighted by Crippen LogP contribution is -2.42. The molecular weight excluding hydrogens is 398 g/mol. The Kier molecular flexibility index (Phi) is 4.98. The third-order valence-electron chi connectivity index (χ3n) is 6.41. The number of nitrogens with one attached hydrogen (secondary N) is 1. The minimum Gasteiger partial charge on any atom is -0.445 e. The number of benzene rings is 1. The number of thiophene rings is 1. The first kappa shape index (κ1) is 19.2. The van der Waals surface area contributed by atoms with E-state index in [1.807, 2.05) is 28.0 Å². The van der Waals surface area contributed by atoms with E-state index in [4.69, 9.17) is 4.74 Å². The highest BCUT2D eigenvalue weighted by atomic mass is 32.1. The molecular formula is C23H25N3O3S. The lowest BCUT2D eigenvalue weighted by molar-refractivity contribution is 0.0651. The van der Waals surface area contributed by atoms with E-state index in [2.05, 4.69) is 28.7 Å². The van der Waals surface area contributed by atoms with Crippen LogP contribution in [0.3, 0.4) is 0 Å². The largest absolute Gasteiger partial charge is 0.445 e. The molecule has 0 aliphatic carbocycles. The van der Waals surface area contributed by atoms with Crippen LogP contribution in [0.2, 0.25) is 0 Å². The predicted octanol–water partition coefficient (Wildman–Crippen LogP) is 4.45. The number of rotatable bonds is 4. The van der Waals surface area contributed by atoms with Gasteiger partial charge in [0.1, 0.15) is 6.61 Å². The third-order valence-corrected chi connectivity index (χ3v) is 7.11. The Morgan fingerprint density at radius 3 is 2.83 bits per heavy atom. The van der Waals surface area contributed by atoms with Gasteiger partial charge in [-0.3, -0.25) is 4.79 Å². The van der Waals surface area contributed by atoms with Crippen LogP contribution in [0.4, 0.5) is 10.5 Å². The van der Waals surface area contributed by atoms with Crippen molar-refractivity contribution in [2.24, 2.45) is 5.92 Å². The second-order valence-corrected chi connectivity index (χ2v) is 8.86. The van der Waals surface area contributed by atoms with E-state index in [9.17, 15) is 9.59 Å². The average Bonchev–Trinajstić information content (AvgIpc) is 3.40. The van der Waals surface area contributed by atoms with Gasteiger partial charge < -0.3 is 19.9 Å². The number of hydrogen-bond donors (Lipinski definition) is 1. The van der Waals surface area contributed by atoms with Crippen molar-refractivity contribution in [1.29, 1.82) is 0 Å². The van der Waals surface area contributed by atoms with Crippen LogP contribution in [0, 0.1) is 5.92 Å². The van der Waals surface area contributed by atoms with Crippen LogP contribution in [-0.2, 0) is 4.74 Å². The van der Waals surface area contributed by atoms with Crippen LogP contribution < -0.4 is 5.32 Å². The third kappa shape index (κ3) is 3.17. The van der Waals surface area contributed by atoms with Crippen molar-refractivity contribution in [3.05, 3.63) is 64.4 Å². The summed E-state index contributed by atoms with van der Waals surface area (Å²) in [6.07, 6.45) is 3.21. The van der Waals surface area contributed by atoms with Crippen molar-refractivity contribution >= 4 is 29.0 Å². The van der Waals surface area contributed by atoms with Crippen LogP contribution in [-0.4, -0.2) is 48.0 Å². The molecule has 7 heteroatoms. The Balaban J connectivity index is 1.53. The maximum absolute atomic E-state index is 12.8. The average molecular weight is 424 g/mol. The topological polar surface area (TPSA) is 61.9 Å². The summed E-state index contributed by atoms with van der Waals surface area (Å²) in [5, 5.41) is 7.94. The molecule has 0 bridgehead atoms. The fraction of sp³-hybridized carbons (Fsp3) is 0.391. The van der Waals surface area contributed by atoms with E-state index >= 15 is 0 Å². The molecule has 2 aromatic rings. The van der Waals surface area contributed by atoms with Gasteiger partial charge in [-0.15, -0.1) is 0 Å². The number of anilines is 1. The summed E-state index contributed by atoms with van der Waals surface area (Å²) in [6.45, 7) is 6.11. The maximum Gasteiger partial charge on any atom is 0.410 e. The molecule has 0 spiro atoms. The molecule has 30 heavy (non-hydrogen) atoms. The van der Waals surface area contributed by atoms with Gasteiger partial charge in [-0.1, -0.05) is 12.7 Å². The minimum absolute atomic E-state index is 0.0688. The normalized spacial score (nSPS) is 24.3. The van der Waals surface area contributed by atoms with Gasteiger partial charge in [0.25, 0.3) is 5.91 Å². The van der Waals surface area contributed by atoms with Gasteiger partial charge in [0.05, 0.1) is 12.1 Å². The van der Waals surface area contributed by atoms with E-state index in [1.54, 1.807) is 17.4 Å². The molecule has 2 amide bonds. The summed E-state index contributed by atoms with van der Waals surface area (Å²) in [6, 6.07) is 8.01. The van der Waals surface area contributed by atoms with Crippen molar-refractivity contribution in [2.75, 3.05) is 31.6 Å². The quantitative estimate of drug-likeness (QED) is 0.739. The van der Waals surface area contributed by atoms with Crippen molar-refractivity contribution in [3.63, 3.8) is 0 Å². The number of hydrogen-bond acceptors (Lipinski definition) is 5. The van der Waals surface area contributed by atoms with E-state index in [0.29, 0.717) is 12.1 Å². The summed E-state index contributed by atoms with van der Waals surface area (Å²) in [4.78, 5) is 29.3. The van der Waals surface area contributed by atoms with E-state index in [-0.39, 0.29) is 36.6 Å².